The third-order valence-corrected chi connectivity index (χ3v) is 4.08. The van der Waals surface area contributed by atoms with Crippen molar-refractivity contribution >= 4 is 15.8 Å². The van der Waals surface area contributed by atoms with Crippen LogP contribution in [0.5, 0.6) is 0 Å². The molecule has 0 heterocycles. The van der Waals surface area contributed by atoms with Crippen LogP contribution in [0, 0.1) is 0 Å². The lowest BCUT2D eigenvalue weighted by molar-refractivity contribution is -0.136. The van der Waals surface area contributed by atoms with Crippen LogP contribution in [0.2, 0.25) is 0 Å². The van der Waals surface area contributed by atoms with Gasteiger partial charge in [0.2, 0.25) is 0 Å². The summed E-state index contributed by atoms with van der Waals surface area (Å²) < 4.78 is 23.7. The van der Waals surface area contributed by atoms with Crippen molar-refractivity contribution in [2.75, 3.05) is 5.75 Å². The third-order valence-electron chi connectivity index (χ3n) is 2.27. The van der Waals surface area contributed by atoms with Gasteiger partial charge in [-0.25, -0.2) is 8.42 Å². The van der Waals surface area contributed by atoms with Crippen LogP contribution in [-0.2, 0) is 21.1 Å². The number of rotatable bonds is 5. The van der Waals surface area contributed by atoms with Gasteiger partial charge in [0.1, 0.15) is 0 Å². The summed E-state index contributed by atoms with van der Waals surface area (Å²) in [5, 5.41) is 8.49. The second kappa shape index (κ2) is 5.12. The van der Waals surface area contributed by atoms with Gasteiger partial charge in [-0.2, -0.15) is 0 Å². The van der Waals surface area contributed by atoms with Crippen molar-refractivity contribution in [3.63, 3.8) is 0 Å². The maximum absolute atomic E-state index is 11.9. The first kappa shape index (κ1) is 12.7. The van der Waals surface area contributed by atoms with Crippen molar-refractivity contribution in [3.8, 4) is 0 Å². The number of hydrogen-bond acceptors (Lipinski definition) is 3. The van der Waals surface area contributed by atoms with Gasteiger partial charge in [0.15, 0.2) is 9.84 Å². The molecule has 0 spiro atoms. The molecule has 0 fully saturated rings. The summed E-state index contributed by atoms with van der Waals surface area (Å²) in [7, 11) is -3.48. The Labute approximate surface area is 94.8 Å². The van der Waals surface area contributed by atoms with E-state index >= 15 is 0 Å². The van der Waals surface area contributed by atoms with E-state index in [0.29, 0.717) is 6.42 Å². The number of carboxylic acid groups (broad SMARTS) is 1. The van der Waals surface area contributed by atoms with Crippen LogP contribution in [0.4, 0.5) is 0 Å². The molecule has 0 saturated carbocycles. The highest BCUT2D eigenvalue weighted by atomic mass is 32.2. The lowest BCUT2D eigenvalue weighted by atomic mass is 10.2. The summed E-state index contributed by atoms with van der Waals surface area (Å²) in [6.07, 6.45) is 0.253. The highest BCUT2D eigenvalue weighted by molar-refractivity contribution is 7.91. The van der Waals surface area contributed by atoms with Gasteiger partial charge in [-0.15, -0.1) is 0 Å². The zero-order valence-electron chi connectivity index (χ0n) is 9.01. The summed E-state index contributed by atoms with van der Waals surface area (Å²) in [4.78, 5) is 10.6. The highest BCUT2D eigenvalue weighted by Crippen LogP contribution is 2.18. The Balaban J connectivity index is 3.02. The van der Waals surface area contributed by atoms with Crippen molar-refractivity contribution in [2.45, 2.75) is 24.7 Å². The largest absolute Gasteiger partial charge is 0.481 e. The summed E-state index contributed by atoms with van der Waals surface area (Å²) in [6, 6.07) is 6.69. The Bertz CT molecular complexity index is 477. The van der Waals surface area contributed by atoms with Crippen LogP contribution >= 0.6 is 0 Å². The van der Waals surface area contributed by atoms with Crippen LogP contribution in [0.15, 0.2) is 29.2 Å². The van der Waals surface area contributed by atoms with E-state index < -0.39 is 15.8 Å². The zero-order chi connectivity index (χ0) is 12.2. The molecule has 4 nitrogen and oxygen atoms in total. The molecule has 0 atom stereocenters. The average Bonchev–Trinajstić information content (AvgIpc) is 2.26. The Morgan fingerprint density at radius 3 is 2.50 bits per heavy atom. The standard InChI is InChI=1S/C11H14O4S/c1-2-9-5-3-4-6-10(9)16(14,15)8-7-11(12)13/h3-6H,2,7-8H2,1H3,(H,12,13). The molecule has 0 aliphatic carbocycles. The van der Waals surface area contributed by atoms with Crippen LogP contribution in [0.3, 0.4) is 0 Å². The molecule has 1 N–H and O–H groups in total. The van der Waals surface area contributed by atoms with E-state index in [4.69, 9.17) is 5.11 Å². The zero-order valence-corrected chi connectivity index (χ0v) is 9.83. The number of carbonyl (C=O) groups is 1. The number of aryl methyl sites for hydroxylation is 1. The molecule has 0 radical (unpaired) electrons. The lowest BCUT2D eigenvalue weighted by Gasteiger charge is -2.07. The van der Waals surface area contributed by atoms with Gasteiger partial charge in [0.05, 0.1) is 17.1 Å². The fourth-order valence-electron chi connectivity index (χ4n) is 1.43. The SMILES string of the molecule is CCc1ccccc1S(=O)(=O)CCC(=O)O. The van der Waals surface area contributed by atoms with Gasteiger partial charge < -0.3 is 5.11 Å². The second-order valence-electron chi connectivity index (χ2n) is 3.42. The Morgan fingerprint density at radius 2 is 1.94 bits per heavy atom. The number of benzene rings is 1. The maximum Gasteiger partial charge on any atom is 0.304 e. The first-order valence-corrected chi connectivity index (χ1v) is 6.65. The van der Waals surface area contributed by atoms with Crippen LogP contribution in [-0.4, -0.2) is 25.2 Å². The predicted octanol–water partition coefficient (Wildman–Crippen LogP) is 1.50. The Hall–Kier alpha value is -1.36. The Kier molecular flexibility index (Phi) is 4.06. The van der Waals surface area contributed by atoms with Crippen molar-refractivity contribution < 1.29 is 18.3 Å². The topological polar surface area (TPSA) is 71.4 Å². The third kappa shape index (κ3) is 3.06. The quantitative estimate of drug-likeness (QED) is 0.849. The number of carboxylic acids is 1. The molecule has 5 heteroatoms. The fourth-order valence-corrected chi connectivity index (χ4v) is 2.99. The Morgan fingerprint density at radius 1 is 1.31 bits per heavy atom. The smallest absolute Gasteiger partial charge is 0.304 e. The second-order valence-corrected chi connectivity index (χ2v) is 5.50. The van der Waals surface area contributed by atoms with Crippen molar-refractivity contribution in [3.05, 3.63) is 29.8 Å². The van der Waals surface area contributed by atoms with E-state index in [9.17, 15) is 13.2 Å². The van der Waals surface area contributed by atoms with Gasteiger partial charge >= 0.3 is 5.97 Å². The van der Waals surface area contributed by atoms with E-state index in [-0.39, 0.29) is 17.1 Å². The monoisotopic (exact) mass is 242 g/mol. The van der Waals surface area contributed by atoms with E-state index in [1.54, 1.807) is 18.2 Å². The molecule has 1 aromatic rings. The van der Waals surface area contributed by atoms with E-state index in [0.717, 1.165) is 5.56 Å². The first-order chi connectivity index (χ1) is 7.47. The molecule has 1 aromatic carbocycles. The van der Waals surface area contributed by atoms with E-state index in [1.165, 1.54) is 6.07 Å². The molecule has 0 aliphatic heterocycles. The summed E-state index contributed by atoms with van der Waals surface area (Å²) in [5.41, 5.74) is 0.730. The molecular weight excluding hydrogens is 228 g/mol. The minimum Gasteiger partial charge on any atom is -0.481 e. The molecule has 0 bridgehead atoms. The lowest BCUT2D eigenvalue weighted by Crippen LogP contribution is -2.12. The normalized spacial score (nSPS) is 11.3. The molecule has 0 unspecified atom stereocenters. The molecular formula is C11H14O4S. The summed E-state index contributed by atoms with van der Waals surface area (Å²) >= 11 is 0. The minimum absolute atomic E-state index is 0.249. The number of aliphatic carboxylic acids is 1. The number of hydrogen-bond donors (Lipinski definition) is 1. The van der Waals surface area contributed by atoms with E-state index in [1.807, 2.05) is 6.92 Å². The fraction of sp³-hybridized carbons (Fsp3) is 0.364. The van der Waals surface area contributed by atoms with Crippen LogP contribution in [0.25, 0.3) is 0 Å². The molecule has 1 rings (SSSR count). The number of sulfone groups is 1. The van der Waals surface area contributed by atoms with Crippen molar-refractivity contribution in [1.29, 1.82) is 0 Å². The van der Waals surface area contributed by atoms with E-state index in [2.05, 4.69) is 0 Å². The van der Waals surface area contributed by atoms with Crippen molar-refractivity contribution in [2.24, 2.45) is 0 Å². The highest BCUT2D eigenvalue weighted by Gasteiger charge is 2.18. The maximum atomic E-state index is 11.9. The summed E-state index contributed by atoms with van der Waals surface area (Å²) in [5.74, 6) is -1.45. The van der Waals surface area contributed by atoms with Gasteiger partial charge in [-0.3, -0.25) is 4.79 Å². The van der Waals surface area contributed by atoms with Gasteiger partial charge in [-0.1, -0.05) is 25.1 Å². The average molecular weight is 242 g/mol. The van der Waals surface area contributed by atoms with Crippen LogP contribution < -0.4 is 0 Å². The molecule has 0 aliphatic rings. The van der Waals surface area contributed by atoms with Crippen LogP contribution in [0.1, 0.15) is 18.9 Å². The summed E-state index contributed by atoms with van der Waals surface area (Å²) in [6.45, 7) is 1.87. The minimum atomic E-state index is -3.48. The van der Waals surface area contributed by atoms with Gasteiger partial charge in [0.25, 0.3) is 0 Å². The molecule has 0 saturated heterocycles. The first-order valence-electron chi connectivity index (χ1n) is 5.00. The van der Waals surface area contributed by atoms with Gasteiger partial charge in [-0.05, 0) is 18.1 Å². The van der Waals surface area contributed by atoms with Gasteiger partial charge in [0, 0.05) is 0 Å². The predicted molar refractivity (Wildman–Crippen MR) is 60.1 cm³/mol. The molecule has 88 valence electrons. The molecule has 0 amide bonds. The molecule has 16 heavy (non-hydrogen) atoms. The van der Waals surface area contributed by atoms with Crippen molar-refractivity contribution in [1.82, 2.24) is 0 Å². The molecule has 0 aromatic heterocycles.